The molecule has 1 aromatic carbocycles. The minimum Gasteiger partial charge on any atom is -0.315 e. The highest BCUT2D eigenvalue weighted by molar-refractivity contribution is 6.12. The third kappa shape index (κ3) is 1.96. The summed E-state index contributed by atoms with van der Waals surface area (Å²) in [6, 6.07) is 10.5. The van der Waals surface area contributed by atoms with Gasteiger partial charge in [-0.2, -0.15) is 0 Å². The molecule has 0 fully saturated rings. The van der Waals surface area contributed by atoms with Crippen molar-refractivity contribution < 1.29 is 0 Å². The van der Waals surface area contributed by atoms with Gasteiger partial charge in [0.15, 0.2) is 0 Å². The Hall–Kier alpha value is -2.75. The summed E-state index contributed by atoms with van der Waals surface area (Å²) in [6.07, 6.45) is 5.78. The Morgan fingerprint density at radius 1 is 1.00 bits per heavy atom. The molecule has 108 valence electrons. The van der Waals surface area contributed by atoms with E-state index >= 15 is 0 Å². The van der Waals surface area contributed by atoms with Crippen LogP contribution in [0.15, 0.2) is 53.9 Å². The van der Waals surface area contributed by atoms with Crippen LogP contribution in [0, 0.1) is 13.8 Å². The van der Waals surface area contributed by atoms with Crippen molar-refractivity contribution in [1.29, 1.82) is 0 Å². The molecule has 4 nitrogen and oxygen atoms in total. The Bertz CT molecular complexity index is 872. The Balaban J connectivity index is 1.94. The van der Waals surface area contributed by atoms with Gasteiger partial charge in [0.2, 0.25) is 0 Å². The fraction of sp³-hybridized carbons (Fsp3) is 0.167. The predicted molar refractivity (Wildman–Crippen MR) is 86.6 cm³/mol. The fourth-order valence-electron chi connectivity index (χ4n) is 2.90. The van der Waals surface area contributed by atoms with Gasteiger partial charge in [-0.05, 0) is 37.6 Å². The third-order valence-electron chi connectivity index (χ3n) is 4.09. The molecule has 0 atom stereocenters. The van der Waals surface area contributed by atoms with Gasteiger partial charge in [-0.3, -0.25) is 4.99 Å². The largest absolute Gasteiger partial charge is 0.315 e. The highest BCUT2D eigenvalue weighted by Gasteiger charge is 2.19. The summed E-state index contributed by atoms with van der Waals surface area (Å²) in [5.41, 5.74) is 6.71. The zero-order valence-electron chi connectivity index (χ0n) is 12.6. The molecule has 3 heterocycles. The average molecular weight is 288 g/mol. The van der Waals surface area contributed by atoms with Gasteiger partial charge in [-0.25, -0.2) is 9.97 Å². The zero-order valence-corrected chi connectivity index (χ0v) is 12.6. The Morgan fingerprint density at radius 2 is 1.82 bits per heavy atom. The van der Waals surface area contributed by atoms with Crippen molar-refractivity contribution >= 4 is 5.71 Å². The van der Waals surface area contributed by atoms with E-state index in [0.29, 0.717) is 6.54 Å². The van der Waals surface area contributed by atoms with Gasteiger partial charge in [-0.15, -0.1) is 0 Å². The van der Waals surface area contributed by atoms with Crippen molar-refractivity contribution in [3.05, 3.63) is 77.1 Å². The van der Waals surface area contributed by atoms with Gasteiger partial charge in [0.05, 0.1) is 23.6 Å². The summed E-state index contributed by atoms with van der Waals surface area (Å²) in [7, 11) is 0. The molecule has 1 aliphatic rings. The van der Waals surface area contributed by atoms with E-state index < -0.39 is 0 Å². The van der Waals surface area contributed by atoms with Crippen LogP contribution in [-0.2, 0) is 6.54 Å². The minimum absolute atomic E-state index is 0.674. The summed E-state index contributed by atoms with van der Waals surface area (Å²) in [6.45, 7) is 4.70. The molecule has 1 aliphatic heterocycles. The third-order valence-corrected chi connectivity index (χ3v) is 4.09. The maximum atomic E-state index is 4.85. The number of aryl methyl sites for hydroxylation is 2. The van der Waals surface area contributed by atoms with Crippen LogP contribution in [-0.4, -0.2) is 20.2 Å². The zero-order chi connectivity index (χ0) is 15.1. The van der Waals surface area contributed by atoms with Crippen molar-refractivity contribution in [1.82, 2.24) is 14.5 Å². The number of hydrogen-bond donors (Lipinski definition) is 0. The summed E-state index contributed by atoms with van der Waals surface area (Å²) in [5, 5.41) is 0. The molecular formula is C18H16N4. The molecule has 0 saturated heterocycles. The summed E-state index contributed by atoms with van der Waals surface area (Å²) in [5.74, 6) is 0.771. The van der Waals surface area contributed by atoms with E-state index in [4.69, 9.17) is 4.99 Å². The fourth-order valence-corrected chi connectivity index (χ4v) is 2.90. The van der Waals surface area contributed by atoms with E-state index in [1.165, 1.54) is 16.8 Å². The van der Waals surface area contributed by atoms with Crippen molar-refractivity contribution in [3.63, 3.8) is 0 Å². The standard InChI is InChI=1S/C18H16N4/c1-12-5-3-6-16-15(12)11-21-18(17-7-4-8-22(16)17)14-9-19-13(2)20-10-14/h3-10H,11H2,1-2H3. The van der Waals surface area contributed by atoms with Crippen molar-refractivity contribution in [3.8, 4) is 5.69 Å². The average Bonchev–Trinajstić information content (AvgIpc) is 2.94. The maximum absolute atomic E-state index is 4.85. The normalized spacial score (nSPS) is 13.1. The van der Waals surface area contributed by atoms with Gasteiger partial charge < -0.3 is 4.57 Å². The lowest BCUT2D eigenvalue weighted by Crippen LogP contribution is -2.09. The molecule has 0 radical (unpaired) electrons. The van der Waals surface area contributed by atoms with E-state index in [1.807, 2.05) is 19.3 Å². The Kier molecular flexibility index (Phi) is 2.89. The second-order valence-corrected chi connectivity index (χ2v) is 5.52. The van der Waals surface area contributed by atoms with Gasteiger partial charge in [0.1, 0.15) is 5.82 Å². The molecule has 0 saturated carbocycles. The molecule has 0 unspecified atom stereocenters. The number of fused-ring (bicyclic) bond motifs is 3. The first-order valence-corrected chi connectivity index (χ1v) is 7.34. The lowest BCUT2D eigenvalue weighted by atomic mass is 10.1. The quantitative estimate of drug-likeness (QED) is 0.690. The van der Waals surface area contributed by atoms with Crippen LogP contribution in [0.2, 0.25) is 0 Å². The molecule has 0 aliphatic carbocycles. The SMILES string of the molecule is Cc1ncc(C2=NCc3c(C)cccc3-n3cccc32)cn1. The van der Waals surface area contributed by atoms with Gasteiger partial charge >= 0.3 is 0 Å². The maximum Gasteiger partial charge on any atom is 0.125 e. The molecule has 4 heteroatoms. The Labute approximate surface area is 129 Å². The number of rotatable bonds is 1. The van der Waals surface area contributed by atoms with Crippen LogP contribution in [0.1, 0.15) is 28.2 Å². The molecule has 3 aromatic rings. The second-order valence-electron chi connectivity index (χ2n) is 5.52. The van der Waals surface area contributed by atoms with E-state index in [0.717, 1.165) is 22.8 Å². The van der Waals surface area contributed by atoms with Crippen LogP contribution in [0.3, 0.4) is 0 Å². The Morgan fingerprint density at radius 3 is 2.64 bits per heavy atom. The van der Waals surface area contributed by atoms with Crippen LogP contribution < -0.4 is 0 Å². The van der Waals surface area contributed by atoms with Gasteiger partial charge in [-0.1, -0.05) is 12.1 Å². The van der Waals surface area contributed by atoms with E-state index in [1.54, 1.807) is 0 Å². The highest BCUT2D eigenvalue weighted by atomic mass is 15.0. The topological polar surface area (TPSA) is 43.1 Å². The number of nitrogens with zero attached hydrogens (tertiary/aromatic N) is 4. The van der Waals surface area contributed by atoms with Crippen molar-refractivity contribution in [2.24, 2.45) is 4.99 Å². The van der Waals surface area contributed by atoms with Crippen LogP contribution in [0.25, 0.3) is 5.69 Å². The van der Waals surface area contributed by atoms with Crippen molar-refractivity contribution in [2.45, 2.75) is 20.4 Å². The minimum atomic E-state index is 0.674. The first-order valence-electron chi connectivity index (χ1n) is 7.34. The summed E-state index contributed by atoms with van der Waals surface area (Å²) >= 11 is 0. The second kappa shape index (κ2) is 4.91. The smallest absolute Gasteiger partial charge is 0.125 e. The highest BCUT2D eigenvalue weighted by Crippen LogP contribution is 2.26. The number of aromatic nitrogens is 3. The van der Waals surface area contributed by atoms with Crippen molar-refractivity contribution in [2.75, 3.05) is 0 Å². The van der Waals surface area contributed by atoms with Gasteiger partial charge in [0, 0.05) is 29.7 Å². The van der Waals surface area contributed by atoms with Crippen LogP contribution >= 0.6 is 0 Å². The molecule has 22 heavy (non-hydrogen) atoms. The number of benzene rings is 1. The monoisotopic (exact) mass is 288 g/mol. The summed E-state index contributed by atoms with van der Waals surface area (Å²) in [4.78, 5) is 13.5. The van der Waals surface area contributed by atoms with Crippen LogP contribution in [0.4, 0.5) is 0 Å². The number of hydrogen-bond acceptors (Lipinski definition) is 3. The molecule has 0 bridgehead atoms. The molecule has 4 rings (SSSR count). The molecule has 0 amide bonds. The van der Waals surface area contributed by atoms with E-state index in [2.05, 4.69) is 58.0 Å². The number of aliphatic imine (C=N–C) groups is 1. The predicted octanol–water partition coefficient (Wildman–Crippen LogP) is 3.24. The molecular weight excluding hydrogens is 272 g/mol. The van der Waals surface area contributed by atoms with Gasteiger partial charge in [0.25, 0.3) is 0 Å². The van der Waals surface area contributed by atoms with Crippen LogP contribution in [0.5, 0.6) is 0 Å². The first kappa shape index (κ1) is 13.0. The molecule has 0 spiro atoms. The molecule has 0 N–H and O–H groups in total. The lowest BCUT2D eigenvalue weighted by Gasteiger charge is -2.12. The van der Waals surface area contributed by atoms with E-state index in [-0.39, 0.29) is 0 Å². The lowest BCUT2D eigenvalue weighted by molar-refractivity contribution is 1.00. The summed E-state index contributed by atoms with van der Waals surface area (Å²) < 4.78 is 2.20. The molecule has 2 aromatic heterocycles. The van der Waals surface area contributed by atoms with E-state index in [9.17, 15) is 0 Å². The first-order chi connectivity index (χ1) is 10.7.